The molecule has 236 valence electrons. The summed E-state index contributed by atoms with van der Waals surface area (Å²) in [4.78, 5) is 27.7. The van der Waals surface area contributed by atoms with Gasteiger partial charge in [0.2, 0.25) is 5.60 Å². The Balaban J connectivity index is 1.48. The molecule has 4 aromatic rings. The van der Waals surface area contributed by atoms with Gasteiger partial charge in [-0.2, -0.15) is 23.5 Å². The van der Waals surface area contributed by atoms with Gasteiger partial charge in [-0.05, 0) is 67.9 Å². The molecule has 9 nitrogen and oxygen atoms in total. The van der Waals surface area contributed by atoms with E-state index in [0.29, 0.717) is 22.1 Å². The molecular formula is C31H22ClF5N6O3. The Labute approximate surface area is 262 Å². The number of β-amino-alcohol motifs (C(OH)–C–C–N with tert-alkyl or cyclic N) is 1. The number of nitrogens with one attached hydrogen (secondary N) is 2. The molecule has 0 bridgehead atoms. The zero-order chi connectivity index (χ0) is 33.3. The molecule has 3 amide bonds. The Hall–Kier alpha value is -5.00. The van der Waals surface area contributed by atoms with Crippen LogP contribution in [-0.2, 0) is 11.1 Å². The summed E-state index contributed by atoms with van der Waals surface area (Å²) in [6.07, 6.45) is -2.30. The molecule has 0 spiro atoms. The molecule has 0 aliphatic carbocycles. The smallest absolute Gasteiger partial charge is 0.375 e. The predicted molar refractivity (Wildman–Crippen MR) is 156 cm³/mol. The third-order valence-corrected chi connectivity index (χ3v) is 8.40. The average Bonchev–Trinajstić information content (AvgIpc) is 3.70. The molecule has 0 radical (unpaired) electrons. The minimum atomic E-state index is -5.27. The Morgan fingerprint density at radius 3 is 2.52 bits per heavy atom. The number of aromatic nitrogens is 2. The van der Waals surface area contributed by atoms with Crippen molar-refractivity contribution in [3.63, 3.8) is 0 Å². The highest BCUT2D eigenvalue weighted by Gasteiger charge is 2.61. The standard InChI is InChI=1S/C31H22ClF5N6O3/c1-29(2,13-38)43-12-16(11-39-43)15-7-20-25(26(41-27(20)44)19-9-17(33)3-5-22(19)32)23(8-15)40-28(45)42-14-30(46,31(35,36)37)21-10-18(34)4-6-24(21)42/h3-12,26,46H,14H2,1-2H3,(H,40,45)(H,41,44)/t26-,30+/m0/s1. The maximum Gasteiger partial charge on any atom is 0.423 e. The van der Waals surface area contributed by atoms with Gasteiger partial charge in [0.15, 0.2) is 0 Å². The number of rotatable bonds is 4. The van der Waals surface area contributed by atoms with E-state index in [4.69, 9.17) is 11.6 Å². The molecule has 0 unspecified atom stereocenters. The summed E-state index contributed by atoms with van der Waals surface area (Å²) in [5.41, 5.74) is -4.79. The van der Waals surface area contributed by atoms with Crippen LogP contribution in [0.4, 0.5) is 38.1 Å². The van der Waals surface area contributed by atoms with E-state index < -0.39 is 59.0 Å². The number of aliphatic hydroxyl groups is 1. The monoisotopic (exact) mass is 656 g/mol. The predicted octanol–water partition coefficient (Wildman–Crippen LogP) is 6.38. The van der Waals surface area contributed by atoms with Crippen LogP contribution in [0.3, 0.4) is 0 Å². The van der Waals surface area contributed by atoms with Crippen LogP contribution >= 0.6 is 11.6 Å². The molecule has 2 aliphatic rings. The van der Waals surface area contributed by atoms with Gasteiger partial charge < -0.3 is 15.7 Å². The third kappa shape index (κ3) is 4.92. The van der Waals surface area contributed by atoms with E-state index in [1.165, 1.54) is 29.1 Å². The molecule has 3 aromatic carbocycles. The van der Waals surface area contributed by atoms with Gasteiger partial charge in [0.1, 0.15) is 17.2 Å². The second-order valence-corrected chi connectivity index (χ2v) is 11.8. The molecule has 0 saturated heterocycles. The highest BCUT2D eigenvalue weighted by atomic mass is 35.5. The number of carbonyl (C=O) groups is 2. The first kappa shape index (κ1) is 31.0. The van der Waals surface area contributed by atoms with Gasteiger partial charge in [-0.15, -0.1) is 0 Å². The molecule has 6 rings (SSSR count). The maximum atomic E-state index is 14.3. The lowest BCUT2D eigenvalue weighted by molar-refractivity contribution is -0.258. The van der Waals surface area contributed by atoms with Crippen LogP contribution in [0, 0.1) is 23.0 Å². The topological polar surface area (TPSA) is 123 Å². The van der Waals surface area contributed by atoms with Gasteiger partial charge in [-0.1, -0.05) is 11.6 Å². The lowest BCUT2D eigenvalue weighted by atomic mass is 9.93. The number of urea groups is 1. The number of alkyl halides is 3. The number of nitrogens with zero attached hydrogens (tertiary/aromatic N) is 4. The number of carbonyl (C=O) groups excluding carboxylic acids is 2. The van der Waals surface area contributed by atoms with Crippen molar-refractivity contribution in [2.45, 2.75) is 37.2 Å². The van der Waals surface area contributed by atoms with Crippen molar-refractivity contribution in [2.75, 3.05) is 16.8 Å². The molecule has 0 fully saturated rings. The maximum absolute atomic E-state index is 14.3. The molecule has 1 aromatic heterocycles. The van der Waals surface area contributed by atoms with Crippen molar-refractivity contribution >= 4 is 34.9 Å². The zero-order valence-corrected chi connectivity index (χ0v) is 24.6. The zero-order valence-electron chi connectivity index (χ0n) is 23.9. The summed E-state index contributed by atoms with van der Waals surface area (Å²) >= 11 is 6.37. The van der Waals surface area contributed by atoms with Crippen LogP contribution in [0.1, 0.15) is 46.9 Å². The van der Waals surface area contributed by atoms with E-state index in [9.17, 15) is 41.9 Å². The first-order valence-electron chi connectivity index (χ1n) is 13.6. The molecule has 3 N–H and O–H groups in total. The summed E-state index contributed by atoms with van der Waals surface area (Å²) in [5.74, 6) is -2.33. The van der Waals surface area contributed by atoms with E-state index in [-0.39, 0.29) is 33.1 Å². The second-order valence-electron chi connectivity index (χ2n) is 11.4. The lowest BCUT2D eigenvalue weighted by Crippen LogP contribution is -2.48. The van der Waals surface area contributed by atoms with Gasteiger partial charge in [-0.3, -0.25) is 14.4 Å². The van der Waals surface area contributed by atoms with Gasteiger partial charge in [0.25, 0.3) is 5.91 Å². The summed E-state index contributed by atoms with van der Waals surface area (Å²) in [6.45, 7) is 1.97. The Bertz CT molecular complexity index is 1990. The van der Waals surface area contributed by atoms with E-state index in [2.05, 4.69) is 21.8 Å². The van der Waals surface area contributed by atoms with E-state index in [0.717, 1.165) is 24.3 Å². The van der Waals surface area contributed by atoms with Crippen LogP contribution in [0.15, 0.2) is 60.9 Å². The number of hydrogen-bond acceptors (Lipinski definition) is 5. The number of hydrogen-bond donors (Lipinski definition) is 3. The van der Waals surface area contributed by atoms with E-state index in [1.54, 1.807) is 20.0 Å². The molecular weight excluding hydrogens is 635 g/mol. The normalized spacial score (nSPS) is 19.0. The largest absolute Gasteiger partial charge is 0.423 e. The molecule has 46 heavy (non-hydrogen) atoms. The average molecular weight is 657 g/mol. The fourth-order valence-corrected chi connectivity index (χ4v) is 5.81. The lowest BCUT2D eigenvalue weighted by Gasteiger charge is -2.27. The molecule has 15 heteroatoms. The summed E-state index contributed by atoms with van der Waals surface area (Å²) in [6, 6.07) is 8.63. The molecule has 2 atom stereocenters. The number of halogens is 6. The van der Waals surface area contributed by atoms with Crippen LogP contribution in [-0.4, -0.2) is 39.5 Å². The minimum Gasteiger partial charge on any atom is -0.375 e. The van der Waals surface area contributed by atoms with Crippen molar-refractivity contribution in [1.82, 2.24) is 15.1 Å². The molecule has 2 aliphatic heterocycles. The van der Waals surface area contributed by atoms with Crippen molar-refractivity contribution in [1.29, 1.82) is 5.26 Å². The Morgan fingerprint density at radius 2 is 1.83 bits per heavy atom. The van der Waals surface area contributed by atoms with Crippen molar-refractivity contribution in [3.05, 3.63) is 99.8 Å². The summed E-state index contributed by atoms with van der Waals surface area (Å²) < 4.78 is 71.9. The fraction of sp³-hybridized carbons (Fsp3) is 0.226. The van der Waals surface area contributed by atoms with Gasteiger partial charge in [-0.25, -0.2) is 13.6 Å². The summed E-state index contributed by atoms with van der Waals surface area (Å²) in [7, 11) is 0. The number of fused-ring (bicyclic) bond motifs is 2. The number of nitriles is 1. The quantitative estimate of drug-likeness (QED) is 0.220. The van der Waals surface area contributed by atoms with E-state index >= 15 is 0 Å². The summed E-state index contributed by atoms with van der Waals surface area (Å²) in [5, 5.41) is 29.8. The SMILES string of the molecule is CC(C)(C#N)n1cc(-c2cc(NC(=O)N3C[C@](O)(C(F)(F)F)c4cc(F)ccc43)c3c(c2)C(=O)N[C@H]3c2cc(F)ccc2Cl)cn1. The fourth-order valence-electron chi connectivity index (χ4n) is 5.58. The highest BCUT2D eigenvalue weighted by Crippen LogP contribution is 2.49. The van der Waals surface area contributed by atoms with Crippen LogP contribution in [0.25, 0.3) is 11.1 Å². The first-order chi connectivity index (χ1) is 21.5. The van der Waals surface area contributed by atoms with Crippen LogP contribution in [0.5, 0.6) is 0 Å². The van der Waals surface area contributed by atoms with Gasteiger partial charge in [0.05, 0.1) is 30.5 Å². The van der Waals surface area contributed by atoms with Crippen molar-refractivity contribution < 1.29 is 36.6 Å². The minimum absolute atomic E-state index is 0.0427. The number of benzene rings is 3. The van der Waals surface area contributed by atoms with E-state index in [1.807, 2.05) is 0 Å². The van der Waals surface area contributed by atoms with Crippen molar-refractivity contribution in [2.24, 2.45) is 0 Å². The number of anilines is 2. The van der Waals surface area contributed by atoms with Gasteiger partial charge in [0, 0.05) is 44.7 Å². The first-order valence-corrected chi connectivity index (χ1v) is 14.0. The molecule has 3 heterocycles. The van der Waals surface area contributed by atoms with Crippen LogP contribution in [0.2, 0.25) is 5.02 Å². The van der Waals surface area contributed by atoms with Crippen molar-refractivity contribution in [3.8, 4) is 17.2 Å². The van der Waals surface area contributed by atoms with Gasteiger partial charge >= 0.3 is 12.2 Å². The highest BCUT2D eigenvalue weighted by molar-refractivity contribution is 6.31. The van der Waals surface area contributed by atoms with Crippen LogP contribution < -0.4 is 15.5 Å². The molecule has 0 saturated carbocycles. The third-order valence-electron chi connectivity index (χ3n) is 8.06. The Morgan fingerprint density at radius 1 is 1.13 bits per heavy atom. The second kappa shape index (κ2) is 10.5. The number of amides is 3. The Kier molecular flexibility index (Phi) is 7.10.